The number of rotatable bonds is 13. The fraction of sp³-hybridized carbons (Fsp3) is 0.342. The Morgan fingerprint density at radius 3 is 2.29 bits per heavy atom. The van der Waals surface area contributed by atoms with Crippen molar-refractivity contribution in [1.82, 2.24) is 9.29 Å². The molecule has 2 heterocycles. The van der Waals surface area contributed by atoms with E-state index < -0.39 is 31.2 Å². The Morgan fingerprint density at radius 2 is 1.65 bits per heavy atom. The van der Waals surface area contributed by atoms with Gasteiger partial charge in [0.1, 0.15) is 35.3 Å². The Hall–Kier alpha value is -4.14. The largest absolute Gasteiger partial charge is 0.491 e. The number of furan rings is 1. The molecule has 0 amide bonds. The molecule has 5 aromatic rings. The quantitative estimate of drug-likeness (QED) is 0.0706. The summed E-state index contributed by atoms with van der Waals surface area (Å²) in [5.74, 6) is -0.363. The highest BCUT2D eigenvalue weighted by molar-refractivity contribution is 7.77. The number of halogens is 2. The Balaban J connectivity index is 1.53. The average Bonchev–Trinajstić information content (AvgIpc) is 3.49. The molecule has 2 aromatic heterocycles. The maximum Gasteiger partial charge on any atom is 0.261 e. The van der Waals surface area contributed by atoms with Crippen LogP contribution in [0, 0.1) is 25.5 Å². The molecule has 272 valence electrons. The summed E-state index contributed by atoms with van der Waals surface area (Å²) in [5.41, 5.74) is 4.28. The maximum absolute atomic E-state index is 14.7. The smallest absolute Gasteiger partial charge is 0.261 e. The van der Waals surface area contributed by atoms with E-state index in [2.05, 4.69) is 38.6 Å². The second kappa shape index (κ2) is 15.2. The normalized spacial score (nSPS) is 12.8. The van der Waals surface area contributed by atoms with Crippen LogP contribution in [-0.4, -0.2) is 41.4 Å². The molecule has 5 rings (SSSR count). The minimum absolute atomic E-state index is 0.103. The van der Waals surface area contributed by atoms with Crippen molar-refractivity contribution in [3.63, 3.8) is 0 Å². The highest BCUT2D eigenvalue weighted by Gasteiger charge is 2.37. The molecule has 0 spiro atoms. The van der Waals surface area contributed by atoms with Gasteiger partial charge in [-0.25, -0.2) is 17.7 Å². The van der Waals surface area contributed by atoms with Gasteiger partial charge in [0.15, 0.2) is 19.9 Å². The number of nitrogens with one attached hydrogen (secondary N) is 1. The lowest BCUT2D eigenvalue weighted by Crippen LogP contribution is -2.41. The van der Waals surface area contributed by atoms with Gasteiger partial charge in [-0.15, -0.1) is 0 Å². The second-order valence-electron chi connectivity index (χ2n) is 14.1. The van der Waals surface area contributed by atoms with Gasteiger partial charge < -0.3 is 22.9 Å². The standard InChI is InChI=1S/C38H44F2N2O7SSi/c1-23-17-26(18-24(2)35(23)46-15-16-47-51(7,8)38(3,4)5)34-21-29-36(49-34)30(22-42(6)37(29)43)28-19-25(13-14-41-50(44)45)9-11-32(28)48-33-12-10-27(39)20-31(33)40/h9-12,17-22,41H,13-16H2,1-8H3,(H,44,45). The number of pyridine rings is 1. The first kappa shape index (κ1) is 38.1. The van der Waals surface area contributed by atoms with Gasteiger partial charge in [0.05, 0.1) is 12.0 Å². The van der Waals surface area contributed by atoms with Crippen molar-refractivity contribution in [3.8, 4) is 39.7 Å². The zero-order chi connectivity index (χ0) is 37.2. The predicted molar refractivity (Wildman–Crippen MR) is 199 cm³/mol. The van der Waals surface area contributed by atoms with E-state index in [4.69, 9.17) is 22.9 Å². The number of aromatic nitrogens is 1. The third-order valence-electron chi connectivity index (χ3n) is 9.28. The van der Waals surface area contributed by atoms with Gasteiger partial charge in [0.25, 0.3) is 5.56 Å². The molecule has 0 aliphatic heterocycles. The van der Waals surface area contributed by atoms with Crippen LogP contribution in [0.5, 0.6) is 17.2 Å². The van der Waals surface area contributed by atoms with Gasteiger partial charge in [-0.2, -0.15) is 0 Å². The first-order chi connectivity index (χ1) is 23.9. The minimum atomic E-state index is -2.18. The first-order valence-electron chi connectivity index (χ1n) is 16.6. The number of ether oxygens (including phenoxy) is 2. The van der Waals surface area contributed by atoms with Gasteiger partial charge in [-0.1, -0.05) is 26.8 Å². The van der Waals surface area contributed by atoms with Crippen LogP contribution in [0.25, 0.3) is 33.4 Å². The summed E-state index contributed by atoms with van der Waals surface area (Å²) in [7, 11) is -0.278. The molecule has 51 heavy (non-hydrogen) atoms. The minimum Gasteiger partial charge on any atom is -0.491 e. The van der Waals surface area contributed by atoms with E-state index in [0.717, 1.165) is 40.1 Å². The van der Waals surface area contributed by atoms with Crippen LogP contribution < -0.4 is 19.8 Å². The molecule has 0 fully saturated rings. The zero-order valence-corrected chi connectivity index (χ0v) is 31.9. The maximum atomic E-state index is 14.7. The monoisotopic (exact) mass is 738 g/mol. The van der Waals surface area contributed by atoms with Crippen molar-refractivity contribution in [2.75, 3.05) is 19.8 Å². The van der Waals surface area contributed by atoms with Gasteiger partial charge in [0.2, 0.25) is 11.3 Å². The van der Waals surface area contributed by atoms with Crippen molar-refractivity contribution in [1.29, 1.82) is 0 Å². The molecule has 0 bridgehead atoms. The average molecular weight is 739 g/mol. The molecule has 9 nitrogen and oxygen atoms in total. The molecule has 13 heteroatoms. The Labute approximate surface area is 300 Å². The van der Waals surface area contributed by atoms with E-state index in [1.807, 2.05) is 26.0 Å². The van der Waals surface area contributed by atoms with Crippen molar-refractivity contribution < 1.29 is 35.9 Å². The van der Waals surface area contributed by atoms with E-state index in [0.29, 0.717) is 47.5 Å². The predicted octanol–water partition coefficient (Wildman–Crippen LogP) is 8.82. The second-order valence-corrected chi connectivity index (χ2v) is 19.7. The lowest BCUT2D eigenvalue weighted by molar-refractivity contribution is 0.202. The van der Waals surface area contributed by atoms with Crippen LogP contribution in [-0.2, 0) is 29.2 Å². The summed E-state index contributed by atoms with van der Waals surface area (Å²) in [5, 5.41) is 0.428. The van der Waals surface area contributed by atoms with Crippen LogP contribution in [0.1, 0.15) is 37.5 Å². The molecule has 0 saturated heterocycles. The van der Waals surface area contributed by atoms with E-state index in [1.165, 1.54) is 10.6 Å². The molecular formula is C38H44F2N2O7SSi. The van der Waals surface area contributed by atoms with Crippen LogP contribution in [0.3, 0.4) is 0 Å². The van der Waals surface area contributed by atoms with Gasteiger partial charge >= 0.3 is 0 Å². The highest BCUT2D eigenvalue weighted by atomic mass is 32.2. The van der Waals surface area contributed by atoms with Gasteiger partial charge in [0, 0.05) is 42.5 Å². The molecule has 0 saturated carbocycles. The molecule has 1 atom stereocenters. The summed E-state index contributed by atoms with van der Waals surface area (Å²) in [4.78, 5) is 13.4. The van der Waals surface area contributed by atoms with E-state index in [1.54, 1.807) is 37.5 Å². The van der Waals surface area contributed by atoms with E-state index in [9.17, 15) is 17.8 Å². The fourth-order valence-electron chi connectivity index (χ4n) is 5.55. The van der Waals surface area contributed by atoms with Gasteiger partial charge in [-0.05, 0) is 97.6 Å². The van der Waals surface area contributed by atoms with E-state index in [-0.39, 0.29) is 28.6 Å². The van der Waals surface area contributed by atoms with Crippen LogP contribution in [0.15, 0.2) is 70.0 Å². The molecular weight excluding hydrogens is 695 g/mol. The molecule has 1 unspecified atom stereocenters. The van der Waals surface area contributed by atoms with Crippen LogP contribution in [0.2, 0.25) is 18.1 Å². The molecule has 0 radical (unpaired) electrons. The van der Waals surface area contributed by atoms with Crippen molar-refractivity contribution in [2.45, 2.75) is 59.2 Å². The summed E-state index contributed by atoms with van der Waals surface area (Å²) < 4.78 is 77.5. The lowest BCUT2D eigenvalue weighted by Gasteiger charge is -2.36. The Morgan fingerprint density at radius 1 is 0.961 bits per heavy atom. The van der Waals surface area contributed by atoms with E-state index >= 15 is 0 Å². The number of hydrogen-bond acceptors (Lipinski definition) is 6. The lowest BCUT2D eigenvalue weighted by atomic mass is 10.0. The van der Waals surface area contributed by atoms with Crippen molar-refractivity contribution >= 4 is 30.6 Å². The fourth-order valence-corrected chi connectivity index (χ4v) is 6.86. The molecule has 0 aliphatic rings. The molecule has 0 aliphatic carbocycles. The summed E-state index contributed by atoms with van der Waals surface area (Å²) >= 11 is -2.18. The first-order valence-corrected chi connectivity index (χ1v) is 20.6. The third-order valence-corrected chi connectivity index (χ3v) is 14.3. The number of hydrogen-bond donors (Lipinski definition) is 2. The molecule has 2 N–H and O–H groups in total. The van der Waals surface area contributed by atoms with Crippen LogP contribution >= 0.6 is 0 Å². The van der Waals surface area contributed by atoms with Crippen molar-refractivity contribution in [3.05, 3.63) is 99.5 Å². The highest BCUT2D eigenvalue weighted by Crippen LogP contribution is 2.41. The Bertz CT molecular complexity index is 2130. The summed E-state index contributed by atoms with van der Waals surface area (Å²) in [6, 6.07) is 13.8. The molecule has 3 aromatic carbocycles. The number of benzene rings is 3. The Kier molecular flexibility index (Phi) is 11.4. The number of fused-ring (bicyclic) bond motifs is 1. The topological polar surface area (TPSA) is 112 Å². The van der Waals surface area contributed by atoms with Gasteiger partial charge in [-0.3, -0.25) is 9.35 Å². The van der Waals surface area contributed by atoms with Crippen LogP contribution in [0.4, 0.5) is 8.78 Å². The number of nitrogens with zero attached hydrogens (tertiary/aromatic N) is 1. The van der Waals surface area contributed by atoms with Crippen molar-refractivity contribution in [2.24, 2.45) is 7.05 Å². The third kappa shape index (κ3) is 8.67. The summed E-state index contributed by atoms with van der Waals surface area (Å²) in [6.45, 7) is 16.0. The SMILES string of the molecule is Cc1cc(-c2cc3c(=O)n(C)cc(-c4cc(CCNS(=O)O)ccc4Oc4ccc(F)cc4F)c3o2)cc(C)c1OCCO[Si](C)(C)C(C)(C)C. The summed E-state index contributed by atoms with van der Waals surface area (Å²) in [6.07, 6.45) is 1.99. The number of aryl methyl sites for hydroxylation is 3. The zero-order valence-electron chi connectivity index (χ0n) is 30.1.